The largest absolute Gasteiger partial charge is 0.474 e. The van der Waals surface area contributed by atoms with Gasteiger partial charge in [0.15, 0.2) is 11.5 Å². The molecule has 0 bridgehead atoms. The lowest BCUT2D eigenvalue weighted by Crippen LogP contribution is -2.58. The van der Waals surface area contributed by atoms with E-state index in [1.54, 1.807) is 12.1 Å². The van der Waals surface area contributed by atoms with Crippen molar-refractivity contribution in [2.24, 2.45) is 5.92 Å². The van der Waals surface area contributed by atoms with Crippen molar-refractivity contribution < 1.29 is 33.3 Å². The van der Waals surface area contributed by atoms with Crippen LogP contribution in [0.3, 0.4) is 0 Å². The minimum Gasteiger partial charge on any atom is -0.474 e. The van der Waals surface area contributed by atoms with Crippen molar-refractivity contribution in [2.75, 3.05) is 62.3 Å². The number of anilines is 2. The molecule has 11 nitrogen and oxygen atoms in total. The van der Waals surface area contributed by atoms with Crippen LogP contribution in [0.2, 0.25) is 0 Å². The van der Waals surface area contributed by atoms with Crippen molar-refractivity contribution in [3.63, 3.8) is 0 Å². The number of aryl methyl sites for hydroxylation is 1. The summed E-state index contributed by atoms with van der Waals surface area (Å²) in [5.74, 6) is 1.02. The number of amides is 1. The number of fused-ring (bicyclic) bond motifs is 4. The fourth-order valence-corrected chi connectivity index (χ4v) is 10.7. The minimum absolute atomic E-state index is 0.0271. The van der Waals surface area contributed by atoms with E-state index in [0.29, 0.717) is 24.3 Å². The molecule has 1 amide bonds. The molecule has 61 heavy (non-hydrogen) atoms. The van der Waals surface area contributed by atoms with Gasteiger partial charge in [-0.3, -0.25) is 19.4 Å². The maximum Gasteiger partial charge on any atom is 0.270 e. The second-order valence-electron chi connectivity index (χ2n) is 17.9. The highest BCUT2D eigenvalue weighted by Gasteiger charge is 2.44. The van der Waals surface area contributed by atoms with Gasteiger partial charge in [-0.15, -0.1) is 0 Å². The summed E-state index contributed by atoms with van der Waals surface area (Å²) in [5, 5.41) is 2.74. The maximum absolute atomic E-state index is 13.1. The predicted octanol–water partition coefficient (Wildman–Crippen LogP) is 7.22. The molecule has 3 saturated heterocycles. The van der Waals surface area contributed by atoms with Crippen LogP contribution in [0.1, 0.15) is 97.0 Å². The van der Waals surface area contributed by atoms with Crippen LogP contribution in [-0.4, -0.2) is 97.5 Å². The molecule has 0 saturated carbocycles. The number of pyridine rings is 1. The van der Waals surface area contributed by atoms with E-state index < -0.39 is 11.9 Å². The Bertz CT molecular complexity index is 2230. The molecule has 5 heterocycles. The Morgan fingerprint density at radius 1 is 0.934 bits per heavy atom. The first-order valence-electron chi connectivity index (χ1n) is 22.0. The number of benzene rings is 3. The molecule has 12 heteroatoms. The zero-order valence-corrected chi connectivity index (χ0v) is 35.2. The van der Waals surface area contributed by atoms with Crippen LogP contribution in [0.15, 0.2) is 84.9 Å². The number of nitrogens with zero attached hydrogens (tertiary/aromatic N) is 4. The summed E-state index contributed by atoms with van der Waals surface area (Å²) in [6.07, 6.45) is 5.48. The van der Waals surface area contributed by atoms with Gasteiger partial charge in [-0.1, -0.05) is 48.5 Å². The first-order valence-corrected chi connectivity index (χ1v) is 22.0. The molecule has 3 aromatic carbocycles. The van der Waals surface area contributed by atoms with E-state index >= 15 is 0 Å². The van der Waals surface area contributed by atoms with Gasteiger partial charge in [0.1, 0.15) is 23.8 Å². The highest BCUT2D eigenvalue weighted by atomic mass is 19.3. The Kier molecular flexibility index (Phi) is 11.8. The lowest BCUT2D eigenvalue weighted by molar-refractivity contribution is -0.119. The summed E-state index contributed by atoms with van der Waals surface area (Å²) in [4.78, 5) is 52.6. The van der Waals surface area contributed by atoms with Gasteiger partial charge >= 0.3 is 0 Å². The van der Waals surface area contributed by atoms with E-state index in [4.69, 9.17) is 9.47 Å². The van der Waals surface area contributed by atoms with E-state index in [9.17, 15) is 18.9 Å². The van der Waals surface area contributed by atoms with Gasteiger partial charge < -0.3 is 29.4 Å². The molecule has 3 unspecified atom stereocenters. The van der Waals surface area contributed by atoms with Crippen LogP contribution in [0.5, 0.6) is 11.6 Å². The Morgan fingerprint density at radius 2 is 1.74 bits per heavy atom. The Balaban J connectivity index is 0.777. The number of piperidine rings is 1. The van der Waals surface area contributed by atoms with Crippen LogP contribution in [0, 0.1) is 5.92 Å². The van der Waals surface area contributed by atoms with E-state index in [2.05, 4.69) is 84.5 Å². The van der Waals surface area contributed by atoms with E-state index in [-0.39, 0.29) is 53.4 Å². The second-order valence-corrected chi connectivity index (χ2v) is 17.9. The quantitative estimate of drug-likeness (QED) is 0.157. The molecule has 5 atom stereocenters. The van der Waals surface area contributed by atoms with Gasteiger partial charge in [-0.05, 0) is 123 Å². The smallest absolute Gasteiger partial charge is 0.270 e. The molecule has 9 rings (SSSR count). The van der Waals surface area contributed by atoms with Crippen LogP contribution >= 0.6 is 0 Å². The van der Waals surface area contributed by atoms with Crippen LogP contribution in [-0.2, 0) is 20.7 Å². The van der Waals surface area contributed by atoms with Gasteiger partial charge in [0, 0.05) is 61.8 Å². The predicted molar refractivity (Wildman–Crippen MR) is 231 cm³/mol. The van der Waals surface area contributed by atoms with E-state index in [0.717, 1.165) is 89.2 Å². The topological polar surface area (TPSA) is 114 Å². The summed E-state index contributed by atoms with van der Waals surface area (Å²) in [7, 11) is 0. The second kappa shape index (κ2) is 17.6. The number of Topliss-reactive ketones (excluding diaryl/α,β-unsaturated/α-hetero) is 2. The van der Waals surface area contributed by atoms with Gasteiger partial charge in [-0.2, -0.15) is 0 Å². The lowest BCUT2D eigenvalue weighted by atomic mass is 9.69. The fourth-order valence-electron chi connectivity index (χ4n) is 10.7. The molecule has 3 fully saturated rings. The number of halogens is 1. The van der Waals surface area contributed by atoms with Gasteiger partial charge in [0.05, 0.1) is 24.3 Å². The summed E-state index contributed by atoms with van der Waals surface area (Å²) in [6, 6.07) is 28.6. The number of nitrogens with one attached hydrogen (secondary N) is 1. The van der Waals surface area contributed by atoms with E-state index in [1.165, 1.54) is 36.2 Å². The zero-order chi connectivity index (χ0) is 42.1. The summed E-state index contributed by atoms with van der Waals surface area (Å²) in [6.45, 7) is 9.73. The lowest BCUT2D eigenvalue weighted by Gasteiger charge is -2.45. The van der Waals surface area contributed by atoms with Crippen molar-refractivity contribution in [2.45, 2.75) is 88.3 Å². The number of carbonyl (C=O) groups excluding carboxylic acids is 3. The number of rotatable bonds is 12. The van der Waals surface area contributed by atoms with Crippen molar-refractivity contribution >= 4 is 28.8 Å². The normalized spacial score (nSPS) is 23.6. The van der Waals surface area contributed by atoms with Crippen molar-refractivity contribution in [1.82, 2.24) is 15.2 Å². The van der Waals surface area contributed by atoms with Crippen molar-refractivity contribution in [1.29, 1.82) is 0 Å². The highest BCUT2D eigenvalue weighted by molar-refractivity contribution is 5.96. The molecule has 5 aliphatic rings. The summed E-state index contributed by atoms with van der Waals surface area (Å²) >= 11 is 0. The molecule has 1 N–H and O–H groups in total. The third-order valence-electron chi connectivity index (χ3n) is 13.9. The van der Waals surface area contributed by atoms with E-state index in [1.807, 2.05) is 18.2 Å². The fraction of sp³-hybridized carbons (Fsp3) is 0.469. The minimum atomic E-state index is -0.733. The molecule has 1 aromatic heterocycles. The van der Waals surface area contributed by atoms with Crippen LogP contribution in [0.25, 0.3) is 0 Å². The van der Waals surface area contributed by atoms with Crippen molar-refractivity contribution in [3.8, 4) is 11.6 Å². The Labute approximate surface area is 357 Å². The average molecular weight is 830 g/mol. The first-order chi connectivity index (χ1) is 29.6. The Hall–Kier alpha value is -5.33. The molecular formula is C49H56FN5O6. The Morgan fingerprint density at radius 3 is 2.49 bits per heavy atom. The number of hydrogen-bond donors (Lipinski definition) is 1. The number of hydrogen-bond acceptors (Lipinski definition) is 10. The monoisotopic (exact) mass is 829 g/mol. The van der Waals surface area contributed by atoms with Gasteiger partial charge in [-0.25, -0.2) is 4.98 Å². The maximum atomic E-state index is 13.1. The number of piperazine rings is 1. The number of ether oxygens (including phenoxy) is 2. The third kappa shape index (κ3) is 8.75. The molecule has 4 aliphatic heterocycles. The molecule has 4 aromatic rings. The number of aromatic nitrogens is 1. The van der Waals surface area contributed by atoms with Crippen LogP contribution in [0.4, 0.5) is 15.9 Å². The number of ketones is 2. The van der Waals surface area contributed by atoms with Crippen molar-refractivity contribution in [3.05, 3.63) is 113 Å². The average Bonchev–Trinajstić information content (AvgIpc) is 3.67. The highest BCUT2D eigenvalue weighted by Crippen LogP contribution is 2.48. The standard InChI is InChI=1S/C49H56FN5O6/c1-32(56)8-17-43(33(2)57)51-47(58)44-18-19-45-48(52-44)59-31-39-29-53(24-25-55(39)45)28-34-27-49(60-30-34)20-22-54(23-21-49)38-12-9-36(10-13-38)46-41(35-6-4-3-5-7-35)15-11-37-26-40(61-50)14-16-42(37)46/h3-7,9-10,12-14,16,18-19,26,34,39,41,43,46H,8,11,15,17,20-25,27-31H2,1-2H3,(H,51,58)/t34?,39-,41?,43+,46?/m1/s1. The summed E-state index contributed by atoms with van der Waals surface area (Å²) < 4.78 is 25.9. The number of carbonyl (C=O) groups is 3. The zero-order valence-electron chi connectivity index (χ0n) is 35.2. The van der Waals surface area contributed by atoms with Crippen LogP contribution < -0.4 is 24.8 Å². The first kappa shape index (κ1) is 41.0. The molecule has 320 valence electrons. The third-order valence-corrected chi connectivity index (χ3v) is 13.9. The molecular weight excluding hydrogens is 774 g/mol. The SMILES string of the molecule is CC(=O)CC[C@H](NC(=O)c1ccc2c(n1)OC[C@H]1CN(CC3COC4(CCN(c5ccc(C6c7ccc(OF)cc7CCC6c6ccccc6)cc5)CC4)C3)CCN21)C(C)=O. The molecule has 1 aliphatic carbocycles. The molecule has 0 radical (unpaired) electrons. The molecule has 1 spiro atoms. The van der Waals surface area contributed by atoms with Gasteiger partial charge in [0.25, 0.3) is 5.91 Å². The van der Waals surface area contributed by atoms with Gasteiger partial charge in [0.2, 0.25) is 5.88 Å². The summed E-state index contributed by atoms with van der Waals surface area (Å²) in [5.41, 5.74) is 7.27.